The molecule has 49 valence electrons. The Morgan fingerprint density at radius 1 is 1.38 bits per heavy atom. The third-order valence-electron chi connectivity index (χ3n) is 0.900. The van der Waals surface area contributed by atoms with E-state index in [9.17, 15) is 0 Å². The molecule has 0 aliphatic rings. The average Bonchev–Trinajstić information content (AvgIpc) is 1.81. The maximum Gasteiger partial charge on any atom is 0.0833 e. The van der Waals surface area contributed by atoms with Crippen molar-refractivity contribution in [3.05, 3.63) is 6.61 Å². The molecule has 0 saturated heterocycles. The Morgan fingerprint density at radius 3 is 2.62 bits per heavy atom. The first-order valence-electron chi connectivity index (χ1n) is 3.35. The van der Waals surface area contributed by atoms with Crippen LogP contribution >= 0.6 is 0 Å². The van der Waals surface area contributed by atoms with Crippen molar-refractivity contribution in [2.24, 2.45) is 0 Å². The molecule has 8 heavy (non-hydrogen) atoms. The van der Waals surface area contributed by atoms with E-state index in [4.69, 9.17) is 4.74 Å². The van der Waals surface area contributed by atoms with Gasteiger partial charge in [-0.2, -0.15) is 0 Å². The summed E-state index contributed by atoms with van der Waals surface area (Å²) in [5.74, 6) is 0. The van der Waals surface area contributed by atoms with Crippen molar-refractivity contribution in [2.45, 2.75) is 33.1 Å². The van der Waals surface area contributed by atoms with E-state index in [-0.39, 0.29) is 0 Å². The first-order chi connectivity index (χ1) is 3.91. The van der Waals surface area contributed by atoms with Crippen LogP contribution in [-0.4, -0.2) is 6.61 Å². The fraction of sp³-hybridized carbons (Fsp3) is 0.857. The van der Waals surface area contributed by atoms with Gasteiger partial charge in [0, 0.05) is 6.61 Å². The molecule has 0 aliphatic heterocycles. The minimum absolute atomic E-state index is 0.893. The summed E-state index contributed by atoms with van der Waals surface area (Å²) >= 11 is 0. The van der Waals surface area contributed by atoms with Gasteiger partial charge >= 0.3 is 0 Å². The number of hydrogen-bond acceptors (Lipinski definition) is 1. The van der Waals surface area contributed by atoms with Gasteiger partial charge in [0.25, 0.3) is 0 Å². The fourth-order valence-corrected chi connectivity index (χ4v) is 0.429. The van der Waals surface area contributed by atoms with Crippen LogP contribution in [0.4, 0.5) is 0 Å². The maximum atomic E-state index is 5.10. The van der Waals surface area contributed by atoms with Crippen LogP contribution in [0.15, 0.2) is 0 Å². The Morgan fingerprint density at radius 2 is 2.12 bits per heavy atom. The second-order valence-corrected chi connectivity index (χ2v) is 1.80. The van der Waals surface area contributed by atoms with Crippen LogP contribution in [0.1, 0.15) is 33.1 Å². The van der Waals surface area contributed by atoms with Crippen LogP contribution < -0.4 is 0 Å². The van der Waals surface area contributed by atoms with Crippen molar-refractivity contribution in [2.75, 3.05) is 6.61 Å². The van der Waals surface area contributed by atoms with Crippen molar-refractivity contribution in [1.82, 2.24) is 0 Å². The molecule has 0 fully saturated rings. The van der Waals surface area contributed by atoms with Crippen LogP contribution in [0.25, 0.3) is 0 Å². The molecule has 0 N–H and O–H groups in total. The highest BCUT2D eigenvalue weighted by Gasteiger charge is 1.82. The largest absolute Gasteiger partial charge is 0.376 e. The minimum Gasteiger partial charge on any atom is -0.376 e. The molecule has 1 nitrogen and oxygen atoms in total. The van der Waals surface area contributed by atoms with E-state index in [1.54, 1.807) is 0 Å². The van der Waals surface area contributed by atoms with Crippen LogP contribution in [-0.2, 0) is 4.74 Å². The third-order valence-corrected chi connectivity index (χ3v) is 0.900. The van der Waals surface area contributed by atoms with E-state index in [1.165, 1.54) is 12.8 Å². The monoisotopic (exact) mass is 115 g/mol. The number of hydrogen-bond donors (Lipinski definition) is 0. The van der Waals surface area contributed by atoms with Gasteiger partial charge in [0.2, 0.25) is 0 Å². The van der Waals surface area contributed by atoms with Crippen molar-refractivity contribution in [1.29, 1.82) is 0 Å². The molecule has 0 aromatic heterocycles. The smallest absolute Gasteiger partial charge is 0.0833 e. The Hall–Kier alpha value is -0.0400. The fourth-order valence-electron chi connectivity index (χ4n) is 0.429. The molecule has 0 heterocycles. The molecular weight excluding hydrogens is 100 g/mol. The Balaban J connectivity index is 2.53. The quantitative estimate of drug-likeness (QED) is 0.500. The second-order valence-electron chi connectivity index (χ2n) is 1.80. The highest BCUT2D eigenvalue weighted by atomic mass is 16.5. The lowest BCUT2D eigenvalue weighted by molar-refractivity contribution is 0.190. The van der Waals surface area contributed by atoms with E-state index in [1.807, 2.05) is 6.61 Å². The van der Waals surface area contributed by atoms with Gasteiger partial charge in [-0.1, -0.05) is 20.3 Å². The summed E-state index contributed by atoms with van der Waals surface area (Å²) in [5, 5.41) is 0. The standard InChI is InChI=1S/C7H15O/c1-3-5-7-8-6-4-2/h6H,3-5,7H2,1-2H3. The van der Waals surface area contributed by atoms with E-state index in [0.29, 0.717) is 0 Å². The molecule has 1 heteroatoms. The van der Waals surface area contributed by atoms with E-state index in [0.717, 1.165) is 13.0 Å². The van der Waals surface area contributed by atoms with Crippen LogP contribution in [0.2, 0.25) is 0 Å². The summed E-state index contributed by atoms with van der Waals surface area (Å²) in [6.07, 6.45) is 3.41. The molecule has 0 bridgehead atoms. The summed E-state index contributed by atoms with van der Waals surface area (Å²) in [7, 11) is 0. The molecule has 0 aromatic rings. The van der Waals surface area contributed by atoms with E-state index >= 15 is 0 Å². The van der Waals surface area contributed by atoms with Crippen LogP contribution in [0.5, 0.6) is 0 Å². The van der Waals surface area contributed by atoms with Crippen LogP contribution in [0.3, 0.4) is 0 Å². The zero-order valence-corrected chi connectivity index (χ0v) is 5.81. The normalized spacial score (nSPS) is 9.75. The van der Waals surface area contributed by atoms with Crippen molar-refractivity contribution >= 4 is 0 Å². The van der Waals surface area contributed by atoms with Gasteiger partial charge in [0.1, 0.15) is 0 Å². The molecule has 0 atom stereocenters. The molecule has 0 unspecified atom stereocenters. The minimum atomic E-state index is 0.893. The third kappa shape index (κ3) is 5.96. The molecular formula is C7H15O. The van der Waals surface area contributed by atoms with Gasteiger partial charge in [-0.25, -0.2) is 0 Å². The molecule has 0 aliphatic carbocycles. The number of rotatable bonds is 5. The maximum absolute atomic E-state index is 5.10. The van der Waals surface area contributed by atoms with Crippen molar-refractivity contribution in [3.8, 4) is 0 Å². The lowest BCUT2D eigenvalue weighted by Gasteiger charge is -1.96. The molecule has 0 rings (SSSR count). The van der Waals surface area contributed by atoms with Gasteiger partial charge in [0.05, 0.1) is 6.61 Å². The predicted molar refractivity (Wildman–Crippen MR) is 35.5 cm³/mol. The average molecular weight is 115 g/mol. The Kier molecular flexibility index (Phi) is 6.93. The first kappa shape index (κ1) is 7.96. The van der Waals surface area contributed by atoms with Gasteiger partial charge in [-0.15, -0.1) is 0 Å². The Bertz CT molecular complexity index is 29.4. The molecule has 0 spiro atoms. The topological polar surface area (TPSA) is 9.23 Å². The molecule has 0 amide bonds. The van der Waals surface area contributed by atoms with Crippen molar-refractivity contribution < 1.29 is 4.74 Å². The predicted octanol–water partition coefficient (Wildman–Crippen LogP) is 2.37. The SMILES string of the molecule is CC[CH]OCCCC. The summed E-state index contributed by atoms with van der Waals surface area (Å²) in [5.41, 5.74) is 0. The Labute approximate surface area is 52.0 Å². The van der Waals surface area contributed by atoms with E-state index in [2.05, 4.69) is 13.8 Å². The van der Waals surface area contributed by atoms with E-state index < -0.39 is 0 Å². The molecule has 0 aromatic carbocycles. The number of unbranched alkanes of at least 4 members (excludes halogenated alkanes) is 1. The van der Waals surface area contributed by atoms with Crippen molar-refractivity contribution in [3.63, 3.8) is 0 Å². The van der Waals surface area contributed by atoms with Gasteiger partial charge in [-0.3, -0.25) is 0 Å². The molecule has 1 radical (unpaired) electrons. The van der Waals surface area contributed by atoms with Gasteiger partial charge in [0.15, 0.2) is 0 Å². The molecule has 0 saturated carbocycles. The lowest BCUT2D eigenvalue weighted by atomic mass is 10.4. The summed E-state index contributed by atoms with van der Waals surface area (Å²) < 4.78 is 5.10. The summed E-state index contributed by atoms with van der Waals surface area (Å²) in [6, 6.07) is 0. The van der Waals surface area contributed by atoms with Gasteiger partial charge < -0.3 is 4.74 Å². The summed E-state index contributed by atoms with van der Waals surface area (Å²) in [4.78, 5) is 0. The second kappa shape index (κ2) is 6.96. The first-order valence-corrected chi connectivity index (χ1v) is 3.35. The highest BCUT2D eigenvalue weighted by Crippen LogP contribution is 1.91. The zero-order chi connectivity index (χ0) is 6.24. The van der Waals surface area contributed by atoms with Gasteiger partial charge in [-0.05, 0) is 12.8 Å². The highest BCUT2D eigenvalue weighted by molar-refractivity contribution is 4.43. The lowest BCUT2D eigenvalue weighted by Crippen LogP contribution is -1.88. The zero-order valence-electron chi connectivity index (χ0n) is 5.81. The van der Waals surface area contributed by atoms with Crippen LogP contribution in [0, 0.1) is 6.61 Å². The number of ether oxygens (including phenoxy) is 1. The summed E-state index contributed by atoms with van der Waals surface area (Å²) in [6.45, 7) is 6.99.